The first-order chi connectivity index (χ1) is 15.1. The molecule has 32 heavy (non-hydrogen) atoms. The molecule has 168 valence electrons. The minimum atomic E-state index is -3.92. The summed E-state index contributed by atoms with van der Waals surface area (Å²) in [6, 6.07) is 17.3. The summed E-state index contributed by atoms with van der Waals surface area (Å²) in [7, 11) is -3.92. The van der Waals surface area contributed by atoms with E-state index in [2.05, 4.69) is 21.2 Å². The molecule has 8 heteroatoms. The highest BCUT2D eigenvalue weighted by Crippen LogP contribution is 2.26. The molecule has 0 aliphatic heterocycles. The number of benzene rings is 3. The molecule has 0 bridgehead atoms. The Kier molecular flexibility index (Phi) is 7.77. The molecular formula is C24H24BrClN2O3S. The zero-order valence-electron chi connectivity index (χ0n) is 18.0. The summed E-state index contributed by atoms with van der Waals surface area (Å²) in [4.78, 5) is 13.1. The van der Waals surface area contributed by atoms with Gasteiger partial charge in [0.15, 0.2) is 0 Å². The van der Waals surface area contributed by atoms with Gasteiger partial charge in [-0.2, -0.15) is 4.31 Å². The third-order valence-electron chi connectivity index (χ3n) is 4.99. The van der Waals surface area contributed by atoms with Crippen molar-refractivity contribution >= 4 is 49.1 Å². The number of carbonyl (C=O) groups excluding carboxylic acids is 1. The van der Waals surface area contributed by atoms with E-state index in [1.165, 1.54) is 4.31 Å². The van der Waals surface area contributed by atoms with Gasteiger partial charge in [0.25, 0.3) is 0 Å². The van der Waals surface area contributed by atoms with Crippen LogP contribution in [-0.2, 0) is 21.4 Å². The number of aryl methyl sites for hydroxylation is 3. The van der Waals surface area contributed by atoms with Crippen LogP contribution < -0.4 is 5.32 Å². The second kappa shape index (κ2) is 10.2. The normalized spacial score (nSPS) is 11.6. The van der Waals surface area contributed by atoms with E-state index in [9.17, 15) is 13.2 Å². The number of carbonyl (C=O) groups is 1. The third-order valence-corrected chi connectivity index (χ3v) is 7.49. The molecule has 3 aromatic carbocycles. The van der Waals surface area contributed by atoms with Crippen LogP contribution >= 0.6 is 27.5 Å². The number of sulfonamides is 1. The van der Waals surface area contributed by atoms with Gasteiger partial charge in [0.2, 0.25) is 15.9 Å². The molecule has 3 rings (SSSR count). The van der Waals surface area contributed by atoms with Crippen molar-refractivity contribution < 1.29 is 13.2 Å². The monoisotopic (exact) mass is 534 g/mol. The minimum Gasteiger partial charge on any atom is -0.324 e. The highest BCUT2D eigenvalue weighted by molar-refractivity contribution is 9.10. The van der Waals surface area contributed by atoms with E-state index >= 15 is 0 Å². The number of hydrogen-bond acceptors (Lipinski definition) is 3. The Balaban J connectivity index is 1.91. The van der Waals surface area contributed by atoms with E-state index < -0.39 is 15.9 Å². The van der Waals surface area contributed by atoms with Crippen LogP contribution in [0.25, 0.3) is 0 Å². The number of rotatable bonds is 7. The number of anilines is 1. The molecule has 0 saturated carbocycles. The summed E-state index contributed by atoms with van der Waals surface area (Å²) in [6.45, 7) is 5.34. The van der Waals surface area contributed by atoms with E-state index in [0.717, 1.165) is 21.2 Å². The summed E-state index contributed by atoms with van der Waals surface area (Å²) in [5.74, 6) is -0.420. The molecule has 1 N–H and O–H groups in total. The van der Waals surface area contributed by atoms with Gasteiger partial charge in [-0.1, -0.05) is 57.4 Å². The Morgan fingerprint density at radius 1 is 1.00 bits per heavy atom. The number of halogens is 2. The molecule has 0 aromatic heterocycles. The van der Waals surface area contributed by atoms with Crippen LogP contribution in [0.5, 0.6) is 0 Å². The smallest absolute Gasteiger partial charge is 0.243 e. The molecule has 0 atom stereocenters. The Morgan fingerprint density at radius 2 is 1.62 bits per heavy atom. The van der Waals surface area contributed by atoms with Crippen molar-refractivity contribution in [3.8, 4) is 0 Å². The average Bonchev–Trinajstić information content (AvgIpc) is 2.70. The largest absolute Gasteiger partial charge is 0.324 e. The quantitative estimate of drug-likeness (QED) is 0.412. The summed E-state index contributed by atoms with van der Waals surface area (Å²) in [5, 5.41) is 3.37. The fraction of sp³-hybridized carbons (Fsp3) is 0.208. The van der Waals surface area contributed by atoms with Gasteiger partial charge >= 0.3 is 0 Å². The molecular weight excluding hydrogens is 512 g/mol. The number of amides is 1. The summed E-state index contributed by atoms with van der Waals surface area (Å²) in [6.07, 6.45) is 0. The lowest BCUT2D eigenvalue weighted by atomic mass is 10.1. The Bertz CT molecular complexity index is 1220. The lowest BCUT2D eigenvalue weighted by molar-refractivity contribution is -0.116. The second-order valence-electron chi connectivity index (χ2n) is 7.68. The highest BCUT2D eigenvalue weighted by atomic mass is 79.9. The highest BCUT2D eigenvalue weighted by Gasteiger charge is 2.27. The Labute approximate surface area is 202 Å². The molecule has 0 fully saturated rings. The first kappa shape index (κ1) is 24.5. The van der Waals surface area contributed by atoms with E-state index in [4.69, 9.17) is 11.6 Å². The predicted octanol–water partition coefficient (Wildman–Crippen LogP) is 5.86. The molecule has 3 aromatic rings. The molecule has 1 amide bonds. The van der Waals surface area contributed by atoms with Crippen LogP contribution in [0, 0.1) is 20.8 Å². The molecule has 0 aliphatic rings. The number of hydrogen-bond donors (Lipinski definition) is 1. The summed E-state index contributed by atoms with van der Waals surface area (Å²) in [5.41, 5.74) is 4.08. The fourth-order valence-electron chi connectivity index (χ4n) is 3.37. The molecule has 0 radical (unpaired) electrons. The van der Waals surface area contributed by atoms with Crippen molar-refractivity contribution in [2.75, 3.05) is 11.9 Å². The van der Waals surface area contributed by atoms with Gasteiger partial charge in [0, 0.05) is 21.7 Å². The van der Waals surface area contributed by atoms with Crippen molar-refractivity contribution in [3.05, 3.63) is 92.4 Å². The molecule has 0 saturated heterocycles. The topological polar surface area (TPSA) is 66.5 Å². The molecule has 0 heterocycles. The standard InChI is InChI=1S/C24H24BrClN2O3S/c1-16-7-9-22(10-8-16)32(30,31)28(14-19-5-4-6-21(26)13-19)15-23(29)27-24-17(2)11-20(25)12-18(24)3/h4-13H,14-15H2,1-3H3,(H,27,29). The lowest BCUT2D eigenvalue weighted by Gasteiger charge is -2.23. The average molecular weight is 536 g/mol. The summed E-state index contributed by atoms with van der Waals surface area (Å²) >= 11 is 9.53. The van der Waals surface area contributed by atoms with Crippen LogP contribution in [0.4, 0.5) is 5.69 Å². The number of nitrogens with one attached hydrogen (secondary N) is 1. The van der Waals surface area contributed by atoms with Crippen LogP contribution in [0.2, 0.25) is 5.02 Å². The third kappa shape index (κ3) is 5.98. The molecule has 0 unspecified atom stereocenters. The lowest BCUT2D eigenvalue weighted by Crippen LogP contribution is -2.37. The van der Waals surface area contributed by atoms with Crippen molar-refractivity contribution in [3.63, 3.8) is 0 Å². The van der Waals surface area contributed by atoms with Crippen molar-refractivity contribution in [1.82, 2.24) is 4.31 Å². The van der Waals surface area contributed by atoms with Gasteiger partial charge in [-0.15, -0.1) is 0 Å². The summed E-state index contributed by atoms with van der Waals surface area (Å²) < 4.78 is 28.9. The van der Waals surface area contributed by atoms with Gasteiger partial charge in [-0.3, -0.25) is 4.79 Å². The van der Waals surface area contributed by atoms with E-state index in [1.54, 1.807) is 48.5 Å². The number of nitrogens with zero attached hydrogens (tertiary/aromatic N) is 1. The van der Waals surface area contributed by atoms with Crippen molar-refractivity contribution in [1.29, 1.82) is 0 Å². The first-order valence-electron chi connectivity index (χ1n) is 9.94. The predicted molar refractivity (Wildman–Crippen MR) is 132 cm³/mol. The second-order valence-corrected chi connectivity index (χ2v) is 11.0. The van der Waals surface area contributed by atoms with E-state index in [0.29, 0.717) is 16.3 Å². The SMILES string of the molecule is Cc1ccc(S(=O)(=O)N(CC(=O)Nc2c(C)cc(Br)cc2C)Cc2cccc(Cl)c2)cc1. The van der Waals surface area contributed by atoms with Gasteiger partial charge < -0.3 is 5.32 Å². The zero-order chi connectivity index (χ0) is 23.5. The van der Waals surface area contributed by atoms with Crippen LogP contribution in [0.15, 0.2) is 70.0 Å². The van der Waals surface area contributed by atoms with Gasteiger partial charge in [0.05, 0.1) is 11.4 Å². The zero-order valence-corrected chi connectivity index (χ0v) is 21.2. The van der Waals surface area contributed by atoms with Crippen molar-refractivity contribution in [2.24, 2.45) is 0 Å². The van der Waals surface area contributed by atoms with Crippen LogP contribution in [-0.4, -0.2) is 25.2 Å². The van der Waals surface area contributed by atoms with E-state index in [-0.39, 0.29) is 18.0 Å². The molecule has 0 spiro atoms. The first-order valence-corrected chi connectivity index (χ1v) is 12.6. The van der Waals surface area contributed by atoms with Gasteiger partial charge in [0.1, 0.15) is 0 Å². The molecule has 5 nitrogen and oxygen atoms in total. The Hall–Kier alpha value is -2.19. The maximum absolute atomic E-state index is 13.4. The van der Waals surface area contributed by atoms with E-state index in [1.807, 2.05) is 32.9 Å². The van der Waals surface area contributed by atoms with Crippen LogP contribution in [0.3, 0.4) is 0 Å². The van der Waals surface area contributed by atoms with Crippen LogP contribution in [0.1, 0.15) is 22.3 Å². The maximum Gasteiger partial charge on any atom is 0.243 e. The molecule has 0 aliphatic carbocycles. The maximum atomic E-state index is 13.4. The minimum absolute atomic E-state index is 0.0164. The van der Waals surface area contributed by atoms with Crippen molar-refractivity contribution in [2.45, 2.75) is 32.2 Å². The van der Waals surface area contributed by atoms with Gasteiger partial charge in [-0.25, -0.2) is 8.42 Å². The van der Waals surface area contributed by atoms with Gasteiger partial charge in [-0.05, 0) is 73.9 Å². The Morgan fingerprint density at radius 3 is 2.22 bits per heavy atom. The fourth-order valence-corrected chi connectivity index (χ4v) is 5.66.